The SMILES string of the molecule is CCN1CCOC(C(=O)NC(CO)c2ccccc2)C1. The van der Waals surface area contributed by atoms with E-state index >= 15 is 0 Å². The van der Waals surface area contributed by atoms with Crippen molar-refractivity contribution in [2.45, 2.75) is 19.1 Å². The summed E-state index contributed by atoms with van der Waals surface area (Å²) in [6.07, 6.45) is -0.457. The zero-order valence-corrected chi connectivity index (χ0v) is 11.8. The van der Waals surface area contributed by atoms with Crippen LogP contribution in [0, 0.1) is 0 Å². The first-order valence-corrected chi connectivity index (χ1v) is 7.04. The number of hydrogen-bond acceptors (Lipinski definition) is 4. The first kappa shape index (κ1) is 15.0. The molecule has 1 aliphatic rings. The molecule has 1 aromatic carbocycles. The molecule has 0 spiro atoms. The maximum absolute atomic E-state index is 12.2. The lowest BCUT2D eigenvalue weighted by molar-refractivity contribution is -0.139. The van der Waals surface area contributed by atoms with Crippen molar-refractivity contribution in [3.63, 3.8) is 0 Å². The van der Waals surface area contributed by atoms with Crippen LogP contribution < -0.4 is 5.32 Å². The quantitative estimate of drug-likeness (QED) is 0.826. The summed E-state index contributed by atoms with van der Waals surface area (Å²) in [4.78, 5) is 14.4. The van der Waals surface area contributed by atoms with Crippen LogP contribution in [0.4, 0.5) is 0 Å². The number of nitrogens with one attached hydrogen (secondary N) is 1. The van der Waals surface area contributed by atoms with Crippen molar-refractivity contribution in [2.24, 2.45) is 0 Å². The van der Waals surface area contributed by atoms with E-state index in [0.29, 0.717) is 13.2 Å². The molecule has 1 saturated heterocycles. The summed E-state index contributed by atoms with van der Waals surface area (Å²) in [6.45, 7) is 4.90. The van der Waals surface area contributed by atoms with Gasteiger partial charge in [0.2, 0.25) is 0 Å². The lowest BCUT2D eigenvalue weighted by atomic mass is 10.1. The Bertz CT molecular complexity index is 424. The Morgan fingerprint density at radius 3 is 2.90 bits per heavy atom. The number of aliphatic hydroxyl groups excluding tert-OH is 1. The van der Waals surface area contributed by atoms with E-state index < -0.39 is 6.10 Å². The van der Waals surface area contributed by atoms with Crippen molar-refractivity contribution in [1.29, 1.82) is 0 Å². The number of carbonyl (C=O) groups is 1. The monoisotopic (exact) mass is 278 g/mol. The minimum Gasteiger partial charge on any atom is -0.394 e. The number of amides is 1. The van der Waals surface area contributed by atoms with E-state index in [-0.39, 0.29) is 18.6 Å². The molecule has 1 aromatic rings. The van der Waals surface area contributed by atoms with Crippen LogP contribution in [-0.2, 0) is 9.53 Å². The molecule has 0 bridgehead atoms. The third kappa shape index (κ3) is 3.79. The van der Waals surface area contributed by atoms with Gasteiger partial charge in [0.05, 0.1) is 19.3 Å². The van der Waals surface area contributed by atoms with Crippen molar-refractivity contribution >= 4 is 5.91 Å². The van der Waals surface area contributed by atoms with Crippen molar-refractivity contribution in [2.75, 3.05) is 32.8 Å². The van der Waals surface area contributed by atoms with E-state index in [1.807, 2.05) is 30.3 Å². The molecule has 0 aromatic heterocycles. The van der Waals surface area contributed by atoms with Crippen molar-refractivity contribution in [1.82, 2.24) is 10.2 Å². The maximum atomic E-state index is 12.2. The number of carbonyl (C=O) groups excluding carboxylic acids is 1. The lowest BCUT2D eigenvalue weighted by Gasteiger charge is -2.32. The molecule has 110 valence electrons. The van der Waals surface area contributed by atoms with Gasteiger partial charge >= 0.3 is 0 Å². The normalized spacial score (nSPS) is 21.4. The van der Waals surface area contributed by atoms with Crippen LogP contribution in [-0.4, -0.2) is 54.9 Å². The molecule has 1 aliphatic heterocycles. The van der Waals surface area contributed by atoms with Crippen LogP contribution in [0.1, 0.15) is 18.5 Å². The average Bonchev–Trinajstić information content (AvgIpc) is 2.53. The molecule has 0 aliphatic carbocycles. The zero-order chi connectivity index (χ0) is 14.4. The summed E-state index contributed by atoms with van der Waals surface area (Å²) in [7, 11) is 0. The van der Waals surface area contributed by atoms with E-state index in [1.54, 1.807) is 0 Å². The van der Waals surface area contributed by atoms with Gasteiger partial charge in [0, 0.05) is 13.1 Å². The Kier molecular flexibility index (Phi) is 5.52. The molecule has 1 amide bonds. The minimum atomic E-state index is -0.457. The lowest BCUT2D eigenvalue weighted by Crippen LogP contribution is -2.50. The van der Waals surface area contributed by atoms with Gasteiger partial charge in [0.15, 0.2) is 0 Å². The summed E-state index contributed by atoms with van der Waals surface area (Å²) in [5.41, 5.74) is 0.895. The van der Waals surface area contributed by atoms with Gasteiger partial charge in [-0.15, -0.1) is 0 Å². The van der Waals surface area contributed by atoms with Gasteiger partial charge in [-0.05, 0) is 12.1 Å². The fourth-order valence-corrected chi connectivity index (χ4v) is 2.33. The topological polar surface area (TPSA) is 61.8 Å². The molecule has 0 radical (unpaired) electrons. The molecule has 1 heterocycles. The van der Waals surface area contributed by atoms with Crippen LogP contribution in [0.25, 0.3) is 0 Å². The number of ether oxygens (including phenoxy) is 1. The molecular formula is C15H22N2O3. The predicted molar refractivity (Wildman–Crippen MR) is 76.3 cm³/mol. The Hall–Kier alpha value is -1.43. The highest BCUT2D eigenvalue weighted by Gasteiger charge is 2.27. The number of hydrogen-bond donors (Lipinski definition) is 2. The Balaban J connectivity index is 1.95. The average molecular weight is 278 g/mol. The Morgan fingerprint density at radius 2 is 2.25 bits per heavy atom. The molecule has 20 heavy (non-hydrogen) atoms. The summed E-state index contributed by atoms with van der Waals surface area (Å²) in [5, 5.41) is 12.3. The summed E-state index contributed by atoms with van der Waals surface area (Å²) in [5.74, 6) is -0.161. The van der Waals surface area contributed by atoms with E-state index in [1.165, 1.54) is 0 Å². The number of likely N-dealkylation sites (N-methyl/N-ethyl adjacent to an activating group) is 1. The summed E-state index contributed by atoms with van der Waals surface area (Å²) >= 11 is 0. The van der Waals surface area contributed by atoms with E-state index in [2.05, 4.69) is 17.1 Å². The maximum Gasteiger partial charge on any atom is 0.251 e. The highest BCUT2D eigenvalue weighted by atomic mass is 16.5. The van der Waals surface area contributed by atoms with Crippen LogP contribution in [0.5, 0.6) is 0 Å². The van der Waals surface area contributed by atoms with Gasteiger partial charge in [-0.25, -0.2) is 0 Å². The molecule has 2 rings (SSSR count). The van der Waals surface area contributed by atoms with Gasteiger partial charge in [0.25, 0.3) is 5.91 Å². The van der Waals surface area contributed by atoms with E-state index in [4.69, 9.17) is 4.74 Å². The standard InChI is InChI=1S/C15H22N2O3/c1-2-17-8-9-20-14(10-17)15(19)16-13(11-18)12-6-4-3-5-7-12/h3-7,13-14,18H,2,8-11H2,1H3,(H,16,19). The molecule has 0 saturated carbocycles. The van der Waals surface area contributed by atoms with Crippen LogP contribution in [0.15, 0.2) is 30.3 Å². The predicted octanol–water partition coefficient (Wildman–Crippen LogP) is 0.557. The largest absolute Gasteiger partial charge is 0.394 e. The molecule has 5 heteroatoms. The molecular weight excluding hydrogens is 256 g/mol. The van der Waals surface area contributed by atoms with Crippen LogP contribution >= 0.6 is 0 Å². The van der Waals surface area contributed by atoms with Crippen molar-refractivity contribution in [3.8, 4) is 0 Å². The van der Waals surface area contributed by atoms with E-state index in [0.717, 1.165) is 18.7 Å². The van der Waals surface area contributed by atoms with Gasteiger partial charge in [-0.1, -0.05) is 37.3 Å². The Labute approximate surface area is 119 Å². The fraction of sp³-hybridized carbons (Fsp3) is 0.533. The summed E-state index contributed by atoms with van der Waals surface area (Å²) in [6, 6.07) is 9.08. The number of nitrogens with zero attached hydrogens (tertiary/aromatic N) is 1. The van der Waals surface area contributed by atoms with Gasteiger partial charge in [-0.2, -0.15) is 0 Å². The number of benzene rings is 1. The third-order valence-corrected chi connectivity index (χ3v) is 3.59. The highest BCUT2D eigenvalue weighted by Crippen LogP contribution is 2.13. The van der Waals surface area contributed by atoms with Crippen molar-refractivity contribution in [3.05, 3.63) is 35.9 Å². The van der Waals surface area contributed by atoms with Gasteiger partial charge in [0.1, 0.15) is 6.10 Å². The van der Waals surface area contributed by atoms with Crippen molar-refractivity contribution < 1.29 is 14.6 Å². The second-order valence-electron chi connectivity index (χ2n) is 4.91. The second-order valence-corrected chi connectivity index (χ2v) is 4.91. The van der Waals surface area contributed by atoms with Gasteiger partial charge in [-0.3, -0.25) is 9.69 Å². The first-order valence-electron chi connectivity index (χ1n) is 7.04. The molecule has 2 unspecified atom stereocenters. The number of rotatable bonds is 5. The smallest absolute Gasteiger partial charge is 0.251 e. The third-order valence-electron chi connectivity index (χ3n) is 3.59. The van der Waals surface area contributed by atoms with Crippen LogP contribution in [0.2, 0.25) is 0 Å². The van der Waals surface area contributed by atoms with Gasteiger partial charge < -0.3 is 15.2 Å². The number of aliphatic hydroxyl groups is 1. The molecule has 5 nitrogen and oxygen atoms in total. The molecule has 1 fully saturated rings. The van der Waals surface area contributed by atoms with Crippen LogP contribution in [0.3, 0.4) is 0 Å². The fourth-order valence-electron chi connectivity index (χ4n) is 2.33. The number of morpholine rings is 1. The zero-order valence-electron chi connectivity index (χ0n) is 11.8. The first-order chi connectivity index (χ1) is 9.74. The minimum absolute atomic E-state index is 0.125. The Morgan fingerprint density at radius 1 is 1.50 bits per heavy atom. The second kappa shape index (κ2) is 7.38. The molecule has 2 atom stereocenters. The molecule has 2 N–H and O–H groups in total. The van der Waals surface area contributed by atoms with E-state index in [9.17, 15) is 9.90 Å². The summed E-state index contributed by atoms with van der Waals surface area (Å²) < 4.78 is 5.52. The highest BCUT2D eigenvalue weighted by molar-refractivity contribution is 5.81.